The van der Waals surface area contributed by atoms with Gasteiger partial charge in [-0.25, -0.2) is 18.3 Å². The molecule has 23 heavy (non-hydrogen) atoms. The monoisotopic (exact) mass is 362 g/mol. The number of alkyl halides is 1. The molecule has 1 aliphatic carbocycles. The van der Waals surface area contributed by atoms with Crippen LogP contribution in [0.3, 0.4) is 0 Å². The number of hydrogen-bond donors (Lipinski definition) is 2. The summed E-state index contributed by atoms with van der Waals surface area (Å²) in [6.45, 7) is 5.57. The van der Waals surface area contributed by atoms with Gasteiger partial charge in [0.15, 0.2) is 0 Å². The van der Waals surface area contributed by atoms with E-state index in [2.05, 4.69) is 9.71 Å². The molecular weight excluding hydrogens is 339 g/mol. The number of pyridine rings is 1. The van der Waals surface area contributed by atoms with Gasteiger partial charge in [-0.2, -0.15) is 0 Å². The summed E-state index contributed by atoms with van der Waals surface area (Å²) in [6.07, 6.45) is 1.90. The zero-order chi connectivity index (χ0) is 17.3. The van der Waals surface area contributed by atoms with Gasteiger partial charge in [0.05, 0.1) is 27.4 Å². The lowest BCUT2D eigenvalue weighted by Gasteiger charge is -2.41. The van der Waals surface area contributed by atoms with E-state index >= 15 is 0 Å². The quantitative estimate of drug-likeness (QED) is 0.806. The number of nitrogens with one attached hydrogen (secondary N) is 1. The van der Waals surface area contributed by atoms with Gasteiger partial charge in [0.25, 0.3) is 0 Å². The Hall–Kier alpha value is -0.560. The molecule has 1 heterocycles. The number of halogens is 2. The summed E-state index contributed by atoms with van der Waals surface area (Å²) in [5.41, 5.74) is -0.448. The van der Waals surface area contributed by atoms with Crippen molar-refractivity contribution in [3.05, 3.63) is 29.0 Å². The molecule has 0 radical (unpaired) electrons. The van der Waals surface area contributed by atoms with Crippen molar-refractivity contribution in [1.29, 1.82) is 0 Å². The lowest BCUT2D eigenvalue weighted by molar-refractivity contribution is -0.0405. The average Bonchev–Trinajstić information content (AvgIpc) is 2.46. The number of hydrogen-bond acceptors (Lipinski definition) is 3. The first-order chi connectivity index (χ1) is 10.6. The maximum Gasteiger partial charge on any atom is 0.129 e. The van der Waals surface area contributed by atoms with Crippen LogP contribution in [0.5, 0.6) is 0 Å². The van der Waals surface area contributed by atoms with Crippen molar-refractivity contribution in [2.24, 2.45) is 0 Å². The van der Waals surface area contributed by atoms with Crippen LogP contribution in [0.2, 0.25) is 5.15 Å². The minimum absolute atomic E-state index is 0.301. The lowest BCUT2D eigenvalue weighted by Crippen LogP contribution is -2.49. The summed E-state index contributed by atoms with van der Waals surface area (Å²) in [4.78, 5) is 3.95. The number of aromatic nitrogens is 1. The summed E-state index contributed by atoms with van der Waals surface area (Å²) in [5.74, 6) is 0. The van der Waals surface area contributed by atoms with Gasteiger partial charge >= 0.3 is 0 Å². The van der Waals surface area contributed by atoms with Crippen LogP contribution in [0.25, 0.3) is 0 Å². The van der Waals surface area contributed by atoms with Crippen LogP contribution in [0.15, 0.2) is 18.3 Å². The first-order valence-corrected chi connectivity index (χ1v) is 9.30. The van der Waals surface area contributed by atoms with E-state index in [4.69, 9.17) is 11.6 Å². The van der Waals surface area contributed by atoms with Gasteiger partial charge in [0, 0.05) is 6.20 Å². The summed E-state index contributed by atoms with van der Waals surface area (Å²) >= 11 is 5.97. The van der Waals surface area contributed by atoms with E-state index in [1.54, 1.807) is 18.3 Å². The van der Waals surface area contributed by atoms with E-state index in [9.17, 15) is 13.7 Å². The Morgan fingerprint density at radius 3 is 2.61 bits per heavy atom. The molecule has 0 aromatic carbocycles. The Kier molecular flexibility index (Phi) is 5.82. The first kappa shape index (κ1) is 18.8. The lowest BCUT2D eigenvalue weighted by atomic mass is 9.77. The molecule has 7 heteroatoms. The third-order valence-corrected chi connectivity index (χ3v) is 5.95. The molecule has 1 saturated carbocycles. The van der Waals surface area contributed by atoms with E-state index in [1.165, 1.54) is 0 Å². The molecule has 1 aromatic heterocycles. The van der Waals surface area contributed by atoms with E-state index in [1.807, 2.05) is 20.8 Å². The van der Waals surface area contributed by atoms with Gasteiger partial charge in [-0.05, 0) is 64.2 Å². The van der Waals surface area contributed by atoms with Gasteiger partial charge < -0.3 is 5.11 Å². The molecule has 0 amide bonds. The Bertz CT molecular complexity index is 571. The second-order valence-electron chi connectivity index (χ2n) is 7.12. The minimum atomic E-state index is -1.38. The fraction of sp³-hybridized carbons (Fsp3) is 0.688. The predicted octanol–water partition coefficient (Wildman–Crippen LogP) is 3.47. The van der Waals surface area contributed by atoms with Gasteiger partial charge in [0.1, 0.15) is 11.3 Å². The maximum absolute atomic E-state index is 13.5. The molecule has 0 bridgehead atoms. The van der Waals surface area contributed by atoms with Crippen molar-refractivity contribution in [2.45, 2.75) is 69.0 Å². The minimum Gasteiger partial charge on any atom is -0.388 e. The van der Waals surface area contributed by atoms with Gasteiger partial charge in [-0.15, -0.1) is 0 Å². The van der Waals surface area contributed by atoms with E-state index in [0.717, 1.165) is 0 Å². The van der Waals surface area contributed by atoms with Crippen LogP contribution in [0, 0.1) is 0 Å². The molecule has 0 aliphatic heterocycles. The molecular formula is C16H24ClFN2O2S. The molecule has 0 saturated heterocycles. The summed E-state index contributed by atoms with van der Waals surface area (Å²) in [7, 11) is -1.38. The summed E-state index contributed by atoms with van der Waals surface area (Å²) in [5, 5.41) is 11.4. The zero-order valence-electron chi connectivity index (χ0n) is 13.7. The fourth-order valence-corrected chi connectivity index (χ4v) is 3.85. The molecule has 1 fully saturated rings. The Morgan fingerprint density at radius 2 is 2.09 bits per heavy atom. The Morgan fingerprint density at radius 1 is 1.48 bits per heavy atom. The van der Waals surface area contributed by atoms with Crippen LogP contribution < -0.4 is 4.72 Å². The SMILES string of the molecule is CC(C)(C)S(=O)N[C@@H](c1ccnc(Cl)c1)C1(O)CCC(F)CC1. The van der Waals surface area contributed by atoms with Crippen LogP contribution in [-0.4, -0.2) is 30.8 Å². The van der Waals surface area contributed by atoms with Crippen molar-refractivity contribution in [1.82, 2.24) is 9.71 Å². The van der Waals surface area contributed by atoms with Crippen LogP contribution in [0.1, 0.15) is 58.1 Å². The summed E-state index contributed by atoms with van der Waals surface area (Å²) < 4.78 is 28.6. The van der Waals surface area contributed by atoms with Gasteiger partial charge in [-0.3, -0.25) is 0 Å². The second kappa shape index (κ2) is 7.13. The molecule has 0 spiro atoms. The third-order valence-electron chi connectivity index (χ3n) is 4.18. The van der Waals surface area contributed by atoms with Crippen LogP contribution in [-0.2, 0) is 11.0 Å². The number of rotatable bonds is 4. The molecule has 4 nitrogen and oxygen atoms in total. The predicted molar refractivity (Wildman–Crippen MR) is 91.3 cm³/mol. The standard InChI is InChI=1S/C16H24ClFN2O2S/c1-15(2,3)23(22)20-14(11-6-9-19-13(17)10-11)16(21)7-4-12(18)5-8-16/h6,9-10,12,14,20-21H,4-5,7-8H2,1-3H3/t12?,14-,16?,23?/m0/s1. The fourth-order valence-electron chi connectivity index (χ4n) is 2.74. The second-order valence-corrected chi connectivity index (χ2v) is 9.51. The maximum atomic E-state index is 13.5. The van der Waals surface area contributed by atoms with Crippen molar-refractivity contribution in [3.63, 3.8) is 0 Å². The molecule has 1 unspecified atom stereocenters. The smallest absolute Gasteiger partial charge is 0.129 e. The number of aliphatic hydroxyl groups is 1. The molecule has 2 N–H and O–H groups in total. The highest BCUT2D eigenvalue weighted by atomic mass is 35.5. The zero-order valence-corrected chi connectivity index (χ0v) is 15.3. The largest absolute Gasteiger partial charge is 0.388 e. The molecule has 2 rings (SSSR count). The van der Waals surface area contributed by atoms with Gasteiger partial charge in [0.2, 0.25) is 0 Å². The highest BCUT2D eigenvalue weighted by Gasteiger charge is 2.43. The highest BCUT2D eigenvalue weighted by molar-refractivity contribution is 7.84. The van der Waals surface area contributed by atoms with E-state index < -0.39 is 33.5 Å². The molecule has 130 valence electrons. The Labute approximate surface area is 144 Å². The van der Waals surface area contributed by atoms with Crippen molar-refractivity contribution < 1.29 is 13.7 Å². The number of nitrogens with zero attached hydrogens (tertiary/aromatic N) is 1. The van der Waals surface area contributed by atoms with Crippen LogP contribution in [0.4, 0.5) is 4.39 Å². The Balaban J connectivity index is 2.33. The van der Waals surface area contributed by atoms with E-state index in [-0.39, 0.29) is 0 Å². The third kappa shape index (κ3) is 4.72. The van der Waals surface area contributed by atoms with Gasteiger partial charge in [-0.1, -0.05) is 11.6 Å². The van der Waals surface area contributed by atoms with Crippen LogP contribution >= 0.6 is 11.6 Å². The highest BCUT2D eigenvalue weighted by Crippen LogP contribution is 2.40. The van der Waals surface area contributed by atoms with Crippen molar-refractivity contribution in [3.8, 4) is 0 Å². The topological polar surface area (TPSA) is 62.2 Å². The van der Waals surface area contributed by atoms with Crippen molar-refractivity contribution in [2.75, 3.05) is 0 Å². The molecule has 2 atom stereocenters. The van der Waals surface area contributed by atoms with Crippen molar-refractivity contribution >= 4 is 22.6 Å². The van der Waals surface area contributed by atoms with E-state index in [0.29, 0.717) is 36.4 Å². The first-order valence-electron chi connectivity index (χ1n) is 7.78. The average molecular weight is 363 g/mol. The normalized spacial score (nSPS) is 28.3. The molecule has 1 aliphatic rings. The summed E-state index contributed by atoms with van der Waals surface area (Å²) in [6, 6.07) is 2.80. The molecule has 1 aromatic rings.